The molecule has 5 nitrogen and oxygen atoms in total. The quantitative estimate of drug-likeness (QED) is 0.512. The van der Waals surface area contributed by atoms with Gasteiger partial charge in [0, 0.05) is 24.5 Å². The molecule has 1 N–H and O–H groups in total. The molecule has 0 unspecified atom stereocenters. The molecular formula is C23H27N5. The smallest absolute Gasteiger partial charge is 0.158 e. The Hall–Kier alpha value is -2.92. The Bertz CT molecular complexity index is 1090. The molecule has 28 heavy (non-hydrogen) atoms. The van der Waals surface area contributed by atoms with Crippen molar-refractivity contribution in [1.29, 1.82) is 0 Å². The number of fused-ring (bicyclic) bond motifs is 3. The van der Waals surface area contributed by atoms with Gasteiger partial charge in [-0.15, -0.1) is 0 Å². The van der Waals surface area contributed by atoms with Gasteiger partial charge in [-0.1, -0.05) is 50.2 Å². The van der Waals surface area contributed by atoms with Crippen LogP contribution in [0.25, 0.3) is 16.6 Å². The Morgan fingerprint density at radius 2 is 1.68 bits per heavy atom. The molecule has 4 rings (SSSR count). The first-order chi connectivity index (χ1) is 13.7. The molecule has 2 aromatic carbocycles. The number of hydrogen-bond acceptors (Lipinski definition) is 4. The summed E-state index contributed by atoms with van der Waals surface area (Å²) >= 11 is 0. The zero-order valence-electron chi connectivity index (χ0n) is 16.8. The van der Waals surface area contributed by atoms with Crippen molar-refractivity contribution in [3.63, 3.8) is 0 Å². The zero-order chi connectivity index (χ0) is 19.5. The van der Waals surface area contributed by atoms with Crippen LogP contribution in [0.1, 0.15) is 30.7 Å². The van der Waals surface area contributed by atoms with Gasteiger partial charge in [0.05, 0.1) is 11.2 Å². The van der Waals surface area contributed by atoms with Gasteiger partial charge in [-0.05, 0) is 43.3 Å². The minimum Gasteiger partial charge on any atom is -0.365 e. The van der Waals surface area contributed by atoms with Crippen molar-refractivity contribution in [2.24, 2.45) is 0 Å². The van der Waals surface area contributed by atoms with Gasteiger partial charge in [0.15, 0.2) is 5.65 Å². The Labute approximate surface area is 166 Å². The molecule has 0 aliphatic heterocycles. The molecule has 0 aliphatic rings. The third-order valence-electron chi connectivity index (χ3n) is 5.28. The molecule has 144 valence electrons. The van der Waals surface area contributed by atoms with E-state index in [0.717, 1.165) is 54.2 Å². The van der Waals surface area contributed by atoms with E-state index in [0.29, 0.717) is 0 Å². The van der Waals surface area contributed by atoms with Crippen molar-refractivity contribution < 1.29 is 0 Å². The van der Waals surface area contributed by atoms with Gasteiger partial charge in [0.25, 0.3) is 0 Å². The second kappa shape index (κ2) is 7.98. The maximum Gasteiger partial charge on any atom is 0.158 e. The predicted molar refractivity (Wildman–Crippen MR) is 116 cm³/mol. The van der Waals surface area contributed by atoms with E-state index in [9.17, 15) is 0 Å². The highest BCUT2D eigenvalue weighted by molar-refractivity contribution is 5.91. The highest BCUT2D eigenvalue weighted by Gasteiger charge is 2.11. The summed E-state index contributed by atoms with van der Waals surface area (Å²) in [5.74, 6) is 0.903. The zero-order valence-corrected chi connectivity index (χ0v) is 16.8. The molecule has 4 aromatic rings. The van der Waals surface area contributed by atoms with Gasteiger partial charge in [-0.3, -0.25) is 4.90 Å². The van der Waals surface area contributed by atoms with Gasteiger partial charge < -0.3 is 5.32 Å². The number of benzene rings is 2. The summed E-state index contributed by atoms with van der Waals surface area (Å²) in [5.41, 5.74) is 5.59. The Kier molecular flexibility index (Phi) is 5.26. The van der Waals surface area contributed by atoms with Crippen molar-refractivity contribution in [3.8, 4) is 0 Å². The fraction of sp³-hybridized carbons (Fsp3) is 0.304. The molecule has 0 radical (unpaired) electrons. The number of anilines is 1. The number of aryl methyl sites for hydroxylation is 1. The lowest BCUT2D eigenvalue weighted by Crippen LogP contribution is -2.23. The standard InChI is InChI=1S/C23H27N5/c1-4-27(5-2)16-19-11-7-6-10-18(19)15-24-23-20-12-8-9-13-21(20)28-22(25-23)14-17(3)26-28/h6-14H,4-5,15-16H2,1-3H3,(H,24,25). The van der Waals surface area contributed by atoms with Gasteiger partial charge in [-0.2, -0.15) is 5.10 Å². The Morgan fingerprint density at radius 3 is 2.46 bits per heavy atom. The molecule has 0 aliphatic carbocycles. The first-order valence-electron chi connectivity index (χ1n) is 9.97. The van der Waals surface area contributed by atoms with E-state index in [4.69, 9.17) is 4.98 Å². The summed E-state index contributed by atoms with van der Waals surface area (Å²) in [5, 5.41) is 9.25. The van der Waals surface area contributed by atoms with Gasteiger partial charge in [0.1, 0.15) is 5.82 Å². The van der Waals surface area contributed by atoms with E-state index in [2.05, 4.69) is 65.6 Å². The fourth-order valence-electron chi connectivity index (χ4n) is 3.66. The second-order valence-electron chi connectivity index (χ2n) is 7.12. The third kappa shape index (κ3) is 3.58. The monoisotopic (exact) mass is 373 g/mol. The topological polar surface area (TPSA) is 45.5 Å². The van der Waals surface area contributed by atoms with E-state index < -0.39 is 0 Å². The summed E-state index contributed by atoms with van der Waals surface area (Å²) in [7, 11) is 0. The van der Waals surface area contributed by atoms with E-state index in [1.165, 1.54) is 11.1 Å². The summed E-state index contributed by atoms with van der Waals surface area (Å²) in [6.07, 6.45) is 0. The highest BCUT2D eigenvalue weighted by atomic mass is 15.3. The summed E-state index contributed by atoms with van der Waals surface area (Å²) in [6, 6.07) is 19.0. The Morgan fingerprint density at radius 1 is 0.964 bits per heavy atom. The van der Waals surface area contributed by atoms with Crippen LogP contribution in [0.4, 0.5) is 5.82 Å². The van der Waals surface area contributed by atoms with Crippen LogP contribution >= 0.6 is 0 Å². The normalized spacial score (nSPS) is 11.6. The molecule has 0 saturated heterocycles. The van der Waals surface area contributed by atoms with Gasteiger partial charge in [-0.25, -0.2) is 9.50 Å². The molecule has 2 heterocycles. The second-order valence-corrected chi connectivity index (χ2v) is 7.12. The number of hydrogen-bond donors (Lipinski definition) is 1. The summed E-state index contributed by atoms with van der Waals surface area (Å²) in [4.78, 5) is 7.28. The van der Waals surface area contributed by atoms with Crippen molar-refractivity contribution >= 4 is 22.4 Å². The van der Waals surface area contributed by atoms with Crippen molar-refractivity contribution in [3.05, 3.63) is 71.4 Å². The van der Waals surface area contributed by atoms with Gasteiger partial charge in [0.2, 0.25) is 0 Å². The minimum atomic E-state index is 0.748. The van der Waals surface area contributed by atoms with Crippen LogP contribution in [-0.2, 0) is 13.1 Å². The maximum absolute atomic E-state index is 4.84. The van der Waals surface area contributed by atoms with Crippen molar-refractivity contribution in [1.82, 2.24) is 19.5 Å². The summed E-state index contributed by atoms with van der Waals surface area (Å²) in [6.45, 7) is 10.3. The maximum atomic E-state index is 4.84. The lowest BCUT2D eigenvalue weighted by Gasteiger charge is -2.20. The van der Waals surface area contributed by atoms with Crippen molar-refractivity contribution in [2.45, 2.75) is 33.9 Å². The fourth-order valence-corrected chi connectivity index (χ4v) is 3.66. The first kappa shape index (κ1) is 18.4. The van der Waals surface area contributed by atoms with E-state index in [1.807, 2.05) is 29.6 Å². The number of nitrogens with zero attached hydrogens (tertiary/aromatic N) is 4. The van der Waals surface area contributed by atoms with Crippen LogP contribution in [-0.4, -0.2) is 32.6 Å². The van der Waals surface area contributed by atoms with Crippen LogP contribution in [0.15, 0.2) is 54.6 Å². The van der Waals surface area contributed by atoms with Crippen LogP contribution in [0, 0.1) is 6.92 Å². The predicted octanol–water partition coefficient (Wildman–Crippen LogP) is 4.64. The molecule has 0 bridgehead atoms. The molecule has 0 saturated carbocycles. The SMILES string of the molecule is CCN(CC)Cc1ccccc1CNc1nc2cc(C)nn2c2ccccc12. The third-order valence-corrected chi connectivity index (χ3v) is 5.28. The van der Waals surface area contributed by atoms with Crippen LogP contribution in [0.3, 0.4) is 0 Å². The largest absolute Gasteiger partial charge is 0.365 e. The van der Waals surface area contributed by atoms with Gasteiger partial charge >= 0.3 is 0 Å². The number of rotatable bonds is 7. The average Bonchev–Trinajstić information content (AvgIpc) is 3.11. The van der Waals surface area contributed by atoms with Crippen LogP contribution in [0.2, 0.25) is 0 Å². The molecular weight excluding hydrogens is 346 g/mol. The first-order valence-corrected chi connectivity index (χ1v) is 9.97. The molecule has 0 atom stereocenters. The Balaban J connectivity index is 1.66. The van der Waals surface area contributed by atoms with E-state index in [1.54, 1.807) is 0 Å². The average molecular weight is 374 g/mol. The van der Waals surface area contributed by atoms with Crippen molar-refractivity contribution in [2.75, 3.05) is 18.4 Å². The van der Waals surface area contributed by atoms with Crippen LogP contribution in [0.5, 0.6) is 0 Å². The number of aromatic nitrogens is 3. The molecule has 0 spiro atoms. The van der Waals surface area contributed by atoms with E-state index in [-0.39, 0.29) is 0 Å². The number of para-hydroxylation sites is 1. The van der Waals surface area contributed by atoms with Crippen LogP contribution < -0.4 is 5.32 Å². The highest BCUT2D eigenvalue weighted by Crippen LogP contribution is 2.24. The molecule has 5 heteroatoms. The van der Waals surface area contributed by atoms with E-state index >= 15 is 0 Å². The minimum absolute atomic E-state index is 0.748. The molecule has 0 fully saturated rings. The molecule has 2 aromatic heterocycles. The number of nitrogens with one attached hydrogen (secondary N) is 1. The lowest BCUT2D eigenvalue weighted by molar-refractivity contribution is 0.295. The molecule has 0 amide bonds. The summed E-state index contributed by atoms with van der Waals surface area (Å²) < 4.78 is 1.92. The lowest BCUT2D eigenvalue weighted by atomic mass is 10.1.